The van der Waals surface area contributed by atoms with Crippen molar-refractivity contribution in [2.24, 2.45) is 17.0 Å². The quantitative estimate of drug-likeness (QED) is 0.793. The van der Waals surface area contributed by atoms with Gasteiger partial charge in [-0.3, -0.25) is 4.79 Å². The van der Waals surface area contributed by atoms with E-state index in [2.05, 4.69) is 5.16 Å². The van der Waals surface area contributed by atoms with Crippen molar-refractivity contribution in [2.75, 3.05) is 0 Å². The summed E-state index contributed by atoms with van der Waals surface area (Å²) in [5.74, 6) is 0.0159. The highest BCUT2D eigenvalue weighted by Gasteiger charge is 2.49. The van der Waals surface area contributed by atoms with E-state index in [4.69, 9.17) is 28.0 Å². The van der Waals surface area contributed by atoms with E-state index < -0.39 is 0 Å². The zero-order chi connectivity index (χ0) is 12.9. The van der Waals surface area contributed by atoms with Crippen molar-refractivity contribution in [2.45, 2.75) is 19.4 Å². The lowest BCUT2D eigenvalue weighted by molar-refractivity contribution is -0.119. The first-order valence-corrected chi connectivity index (χ1v) is 6.56. The predicted octanol–water partition coefficient (Wildman–Crippen LogP) is 3.32. The highest BCUT2D eigenvalue weighted by atomic mass is 35.5. The molecule has 1 aromatic carbocycles. The maximum Gasteiger partial charge on any atom is 0.146 e. The zero-order valence-corrected chi connectivity index (χ0v) is 11.2. The molecule has 0 bridgehead atoms. The van der Waals surface area contributed by atoms with Crippen LogP contribution in [0.5, 0.6) is 0 Å². The molecule has 1 fully saturated rings. The number of fused-ring (bicyclic) bond motifs is 1. The van der Waals surface area contributed by atoms with E-state index in [1.54, 1.807) is 18.2 Å². The van der Waals surface area contributed by atoms with Crippen LogP contribution in [0.4, 0.5) is 0 Å². The Balaban J connectivity index is 2.06. The van der Waals surface area contributed by atoms with Crippen LogP contribution < -0.4 is 0 Å². The Bertz CT molecular complexity index is 536. The third kappa shape index (κ3) is 1.65. The number of carbonyl (C=O) groups is 1. The fourth-order valence-electron chi connectivity index (χ4n) is 2.66. The normalized spacial score (nSPS) is 30.1. The minimum Gasteiger partial charge on any atom is -0.391 e. The topological polar surface area (TPSA) is 38.7 Å². The third-order valence-electron chi connectivity index (χ3n) is 3.55. The maximum absolute atomic E-state index is 12.0. The van der Waals surface area contributed by atoms with Gasteiger partial charge in [-0.1, -0.05) is 41.3 Å². The Morgan fingerprint density at radius 1 is 1.33 bits per heavy atom. The summed E-state index contributed by atoms with van der Waals surface area (Å²) >= 11 is 12.3. The minimum atomic E-state index is -0.322. The molecule has 0 saturated heterocycles. The molecule has 0 amide bonds. The third-order valence-corrected chi connectivity index (χ3v) is 4.18. The van der Waals surface area contributed by atoms with Gasteiger partial charge < -0.3 is 4.84 Å². The van der Waals surface area contributed by atoms with E-state index in [1.807, 2.05) is 6.92 Å². The van der Waals surface area contributed by atoms with Gasteiger partial charge in [0.15, 0.2) is 0 Å². The van der Waals surface area contributed by atoms with Crippen LogP contribution in [0.15, 0.2) is 23.4 Å². The maximum atomic E-state index is 12.0. The van der Waals surface area contributed by atoms with Gasteiger partial charge in [-0.05, 0) is 12.1 Å². The van der Waals surface area contributed by atoms with E-state index in [-0.39, 0.29) is 23.7 Å². The SMILES string of the molecule is C[C@@H]1CC(=O)[C@H]2C(c3c(Cl)cccc3Cl)=NO[C@H]21. The van der Waals surface area contributed by atoms with Gasteiger partial charge in [0.2, 0.25) is 0 Å². The second kappa shape index (κ2) is 4.25. The lowest BCUT2D eigenvalue weighted by Gasteiger charge is -2.12. The van der Waals surface area contributed by atoms with Crippen molar-refractivity contribution in [1.29, 1.82) is 0 Å². The lowest BCUT2D eigenvalue weighted by Crippen LogP contribution is -2.26. The van der Waals surface area contributed by atoms with Gasteiger partial charge >= 0.3 is 0 Å². The van der Waals surface area contributed by atoms with Gasteiger partial charge in [0, 0.05) is 17.9 Å². The number of Topliss-reactive ketones (excluding diaryl/α,β-unsaturated/α-hetero) is 1. The molecular weight excluding hydrogens is 273 g/mol. The van der Waals surface area contributed by atoms with Crippen LogP contribution in [0.1, 0.15) is 18.9 Å². The highest BCUT2D eigenvalue weighted by Crippen LogP contribution is 2.40. The first-order valence-electron chi connectivity index (χ1n) is 5.80. The first kappa shape index (κ1) is 12.0. The standard InChI is InChI=1S/C13H11Cl2NO2/c1-6-5-9(17)11-12(16-18-13(6)11)10-7(14)3-2-4-8(10)15/h2-4,6,11,13H,5H2,1H3/t6-,11+,13+/m1/s1. The van der Waals surface area contributed by atoms with Gasteiger partial charge in [0.25, 0.3) is 0 Å². The van der Waals surface area contributed by atoms with E-state index in [0.29, 0.717) is 27.7 Å². The summed E-state index contributed by atoms with van der Waals surface area (Å²) < 4.78 is 0. The first-order chi connectivity index (χ1) is 8.59. The number of oxime groups is 1. The van der Waals surface area contributed by atoms with Gasteiger partial charge in [-0.15, -0.1) is 0 Å². The molecule has 5 heteroatoms. The van der Waals surface area contributed by atoms with Gasteiger partial charge in [-0.25, -0.2) is 0 Å². The van der Waals surface area contributed by atoms with Crippen molar-refractivity contribution in [3.05, 3.63) is 33.8 Å². The van der Waals surface area contributed by atoms with Crippen molar-refractivity contribution in [3.63, 3.8) is 0 Å². The number of ketones is 1. The molecule has 94 valence electrons. The Labute approximate surface area is 115 Å². The molecule has 1 aliphatic carbocycles. The molecule has 1 aromatic rings. The summed E-state index contributed by atoms with van der Waals surface area (Å²) in [6.07, 6.45) is 0.357. The summed E-state index contributed by atoms with van der Waals surface area (Å²) in [6.45, 7) is 2.00. The summed E-state index contributed by atoms with van der Waals surface area (Å²) in [4.78, 5) is 17.4. The smallest absolute Gasteiger partial charge is 0.146 e. The zero-order valence-electron chi connectivity index (χ0n) is 9.69. The molecule has 0 N–H and O–H groups in total. The van der Waals surface area contributed by atoms with Crippen LogP contribution >= 0.6 is 23.2 Å². The van der Waals surface area contributed by atoms with Crippen LogP contribution in [0.3, 0.4) is 0 Å². The second-order valence-corrected chi connectivity index (χ2v) is 5.58. The fraction of sp³-hybridized carbons (Fsp3) is 0.385. The Hall–Kier alpha value is -1.06. The number of benzene rings is 1. The van der Waals surface area contributed by atoms with Crippen LogP contribution in [-0.4, -0.2) is 17.6 Å². The lowest BCUT2D eigenvalue weighted by atomic mass is 9.92. The Morgan fingerprint density at radius 2 is 2.00 bits per heavy atom. The molecule has 0 spiro atoms. The van der Waals surface area contributed by atoms with Crippen molar-refractivity contribution >= 4 is 34.7 Å². The number of carbonyl (C=O) groups excluding carboxylic acids is 1. The van der Waals surface area contributed by atoms with E-state index in [0.717, 1.165) is 0 Å². The molecule has 3 rings (SSSR count). The number of rotatable bonds is 1. The number of hydrogen-bond donors (Lipinski definition) is 0. The average Bonchev–Trinajstić information content (AvgIpc) is 2.83. The van der Waals surface area contributed by atoms with E-state index >= 15 is 0 Å². The van der Waals surface area contributed by atoms with Crippen LogP contribution in [-0.2, 0) is 9.63 Å². The molecule has 1 saturated carbocycles. The average molecular weight is 284 g/mol. The molecule has 1 heterocycles. The molecule has 3 nitrogen and oxygen atoms in total. The van der Waals surface area contributed by atoms with Crippen molar-refractivity contribution in [3.8, 4) is 0 Å². The highest BCUT2D eigenvalue weighted by molar-refractivity contribution is 6.41. The minimum absolute atomic E-state index is 0.153. The van der Waals surface area contributed by atoms with Crippen LogP contribution in [0, 0.1) is 11.8 Å². The number of hydrogen-bond acceptors (Lipinski definition) is 3. The van der Waals surface area contributed by atoms with Crippen LogP contribution in [0.2, 0.25) is 10.0 Å². The van der Waals surface area contributed by atoms with Crippen LogP contribution in [0.25, 0.3) is 0 Å². The van der Waals surface area contributed by atoms with Gasteiger partial charge in [-0.2, -0.15) is 0 Å². The molecule has 1 aliphatic heterocycles. The van der Waals surface area contributed by atoms with Crippen molar-refractivity contribution < 1.29 is 9.63 Å². The molecule has 0 aromatic heterocycles. The van der Waals surface area contributed by atoms with E-state index in [9.17, 15) is 4.79 Å². The monoisotopic (exact) mass is 283 g/mol. The second-order valence-electron chi connectivity index (χ2n) is 4.77. The number of nitrogens with zero attached hydrogens (tertiary/aromatic N) is 1. The van der Waals surface area contributed by atoms with Crippen molar-refractivity contribution in [1.82, 2.24) is 0 Å². The predicted molar refractivity (Wildman–Crippen MR) is 70.2 cm³/mol. The summed E-state index contributed by atoms with van der Waals surface area (Å²) in [6, 6.07) is 5.24. The Kier molecular flexibility index (Phi) is 2.83. The summed E-state index contributed by atoms with van der Waals surface area (Å²) in [5.41, 5.74) is 1.20. The summed E-state index contributed by atoms with van der Waals surface area (Å²) in [7, 11) is 0. The fourth-order valence-corrected chi connectivity index (χ4v) is 3.25. The molecule has 0 radical (unpaired) electrons. The molecule has 3 atom stereocenters. The molecule has 0 unspecified atom stereocenters. The van der Waals surface area contributed by atoms with Gasteiger partial charge in [0.1, 0.15) is 23.5 Å². The molecule has 2 aliphatic rings. The molecular formula is C13H11Cl2NO2. The largest absolute Gasteiger partial charge is 0.391 e. The molecule has 18 heavy (non-hydrogen) atoms. The summed E-state index contributed by atoms with van der Waals surface area (Å²) in [5, 5.41) is 5.04. The van der Waals surface area contributed by atoms with E-state index in [1.165, 1.54) is 0 Å². The number of halogens is 2. The Morgan fingerprint density at radius 3 is 2.67 bits per heavy atom. The van der Waals surface area contributed by atoms with Gasteiger partial charge in [0.05, 0.1) is 10.0 Å².